The highest BCUT2D eigenvalue weighted by molar-refractivity contribution is 5.85. The van der Waals surface area contributed by atoms with Gasteiger partial charge in [-0.05, 0) is 31.0 Å². The van der Waals surface area contributed by atoms with Crippen LogP contribution in [0.15, 0.2) is 30.6 Å². The van der Waals surface area contributed by atoms with Crippen LogP contribution in [0.1, 0.15) is 38.1 Å². The van der Waals surface area contributed by atoms with Gasteiger partial charge in [0, 0.05) is 57.7 Å². The Morgan fingerprint density at radius 2 is 1.91 bits per heavy atom. The van der Waals surface area contributed by atoms with E-state index >= 15 is 0 Å². The number of nitrogens with zero attached hydrogens (tertiary/aromatic N) is 6. The molecule has 3 aromatic rings. The van der Waals surface area contributed by atoms with Crippen molar-refractivity contribution in [2.45, 2.75) is 38.1 Å². The van der Waals surface area contributed by atoms with Gasteiger partial charge in [0.25, 0.3) is 0 Å². The number of hydrogen-bond donors (Lipinski definition) is 2. The first-order chi connectivity index (χ1) is 16.7. The number of hydrogen-bond acceptors (Lipinski definition) is 8. The lowest BCUT2D eigenvalue weighted by Gasteiger charge is -2.26. The largest absolute Gasteiger partial charge is 0.379 e. The van der Waals surface area contributed by atoms with Crippen molar-refractivity contribution in [2.24, 2.45) is 0 Å². The van der Waals surface area contributed by atoms with E-state index in [1.165, 1.54) is 32.1 Å². The molecule has 5 rings (SSSR count). The summed E-state index contributed by atoms with van der Waals surface area (Å²) >= 11 is 0. The Morgan fingerprint density at radius 3 is 2.71 bits per heavy atom. The number of nitrogens with one attached hydrogen (secondary N) is 2. The number of fused-ring (bicyclic) bond motifs is 1. The Balaban J connectivity index is 1.42. The molecule has 0 amide bonds. The van der Waals surface area contributed by atoms with Crippen LogP contribution in [-0.2, 0) is 4.74 Å². The van der Waals surface area contributed by atoms with Crippen LogP contribution in [0, 0.1) is 0 Å². The van der Waals surface area contributed by atoms with Gasteiger partial charge in [0.05, 0.1) is 19.5 Å². The monoisotopic (exact) mass is 464 g/mol. The summed E-state index contributed by atoms with van der Waals surface area (Å²) in [5.74, 6) is 1.38. The zero-order chi connectivity index (χ0) is 23.3. The van der Waals surface area contributed by atoms with Crippen molar-refractivity contribution in [2.75, 3.05) is 69.0 Å². The van der Waals surface area contributed by atoms with Crippen LogP contribution in [0.4, 0.5) is 23.1 Å². The number of aromatic nitrogens is 4. The lowest BCUT2D eigenvalue weighted by atomic mass is 9.95. The number of morpholine rings is 1. The van der Waals surface area contributed by atoms with Gasteiger partial charge in [-0.1, -0.05) is 25.3 Å². The fraction of sp³-hybridized carbons (Fsp3) is 0.560. The second kappa shape index (κ2) is 10.6. The van der Waals surface area contributed by atoms with E-state index in [1.54, 1.807) is 0 Å². The topological polar surface area (TPSA) is 83.4 Å². The molecule has 0 unspecified atom stereocenters. The maximum absolute atomic E-state index is 5.47. The van der Waals surface area contributed by atoms with E-state index in [9.17, 15) is 0 Å². The van der Waals surface area contributed by atoms with E-state index in [2.05, 4.69) is 37.1 Å². The van der Waals surface area contributed by atoms with Crippen LogP contribution in [0.2, 0.25) is 0 Å². The highest BCUT2D eigenvalue weighted by Gasteiger charge is 2.21. The molecule has 0 radical (unpaired) electrons. The minimum atomic E-state index is 0.458. The number of imidazole rings is 1. The summed E-state index contributed by atoms with van der Waals surface area (Å²) in [4.78, 5) is 19.0. The Kier molecular flexibility index (Phi) is 7.10. The quantitative estimate of drug-likeness (QED) is 0.520. The number of rotatable bonds is 8. The molecule has 1 aliphatic heterocycles. The molecule has 2 N–H and O–H groups in total. The molecule has 9 heteroatoms. The van der Waals surface area contributed by atoms with Gasteiger partial charge in [-0.15, -0.1) is 0 Å². The Labute approximate surface area is 201 Å². The molecule has 0 bridgehead atoms. The molecular formula is C25H36N8O. The predicted molar refractivity (Wildman–Crippen MR) is 137 cm³/mol. The lowest BCUT2D eigenvalue weighted by Crippen LogP contribution is -2.39. The molecule has 0 spiro atoms. The smallest absolute Gasteiger partial charge is 0.231 e. The molecule has 3 heterocycles. The summed E-state index contributed by atoms with van der Waals surface area (Å²) in [6, 6.07) is 8.75. The van der Waals surface area contributed by atoms with Crippen molar-refractivity contribution in [3.05, 3.63) is 30.6 Å². The summed E-state index contributed by atoms with van der Waals surface area (Å²) < 4.78 is 7.74. The third kappa shape index (κ3) is 5.26. The molecule has 1 aliphatic carbocycles. The van der Waals surface area contributed by atoms with Gasteiger partial charge in [-0.3, -0.25) is 4.90 Å². The fourth-order valence-corrected chi connectivity index (χ4v) is 4.87. The number of ether oxygens (including phenoxy) is 1. The summed E-state index contributed by atoms with van der Waals surface area (Å²) in [7, 11) is 4.09. The highest BCUT2D eigenvalue weighted by atomic mass is 16.5. The van der Waals surface area contributed by atoms with Crippen LogP contribution >= 0.6 is 0 Å². The molecule has 1 saturated carbocycles. The number of benzene rings is 1. The van der Waals surface area contributed by atoms with E-state index in [0.717, 1.165) is 67.7 Å². The van der Waals surface area contributed by atoms with Gasteiger partial charge >= 0.3 is 0 Å². The van der Waals surface area contributed by atoms with Crippen molar-refractivity contribution in [1.82, 2.24) is 24.4 Å². The van der Waals surface area contributed by atoms with E-state index in [0.29, 0.717) is 12.0 Å². The van der Waals surface area contributed by atoms with Gasteiger partial charge in [0.2, 0.25) is 5.95 Å². The highest BCUT2D eigenvalue weighted by Crippen LogP contribution is 2.32. The zero-order valence-electron chi connectivity index (χ0n) is 20.3. The standard InChI is InChI=1S/C25H36N8O/c1-31(2)21-10-6-7-19(17-21)28-25-29-23(26-11-12-32-13-15-34-16-14-32)22-24(30-25)33(18-27-22)20-8-4-3-5-9-20/h6-7,10,17-18,20H,3-5,8-9,11-16H2,1-2H3,(H2,26,28,29,30). The second-order valence-corrected chi connectivity index (χ2v) is 9.46. The molecule has 34 heavy (non-hydrogen) atoms. The van der Waals surface area contributed by atoms with Crippen LogP contribution in [0.5, 0.6) is 0 Å². The molecule has 2 fully saturated rings. The van der Waals surface area contributed by atoms with E-state index in [-0.39, 0.29) is 0 Å². The average Bonchev–Trinajstić information content (AvgIpc) is 3.29. The fourth-order valence-electron chi connectivity index (χ4n) is 4.87. The normalized spacial score (nSPS) is 17.7. The van der Waals surface area contributed by atoms with Crippen LogP contribution < -0.4 is 15.5 Å². The van der Waals surface area contributed by atoms with Gasteiger partial charge in [0.15, 0.2) is 17.0 Å². The summed E-state index contributed by atoms with van der Waals surface area (Å²) in [5.41, 5.74) is 3.85. The molecular weight excluding hydrogens is 428 g/mol. The van der Waals surface area contributed by atoms with Crippen molar-refractivity contribution in [3.63, 3.8) is 0 Å². The summed E-state index contributed by atoms with van der Waals surface area (Å²) in [5, 5.41) is 6.98. The van der Waals surface area contributed by atoms with E-state index in [1.807, 2.05) is 32.6 Å². The van der Waals surface area contributed by atoms with E-state index < -0.39 is 0 Å². The third-order valence-corrected chi connectivity index (χ3v) is 6.83. The predicted octanol–water partition coefficient (Wildman–Crippen LogP) is 3.89. The Morgan fingerprint density at radius 1 is 1.09 bits per heavy atom. The Bertz CT molecular complexity index is 1090. The minimum absolute atomic E-state index is 0.458. The van der Waals surface area contributed by atoms with Crippen LogP contribution in [0.3, 0.4) is 0 Å². The van der Waals surface area contributed by atoms with Gasteiger partial charge < -0.3 is 24.8 Å². The molecule has 9 nitrogen and oxygen atoms in total. The van der Waals surface area contributed by atoms with Crippen molar-refractivity contribution in [3.8, 4) is 0 Å². The first kappa shape index (κ1) is 22.9. The molecule has 2 aliphatic rings. The maximum Gasteiger partial charge on any atom is 0.231 e. The van der Waals surface area contributed by atoms with Crippen LogP contribution in [-0.4, -0.2) is 77.9 Å². The summed E-state index contributed by atoms with van der Waals surface area (Å²) in [6.07, 6.45) is 8.18. The van der Waals surface area contributed by atoms with Gasteiger partial charge in [-0.25, -0.2) is 4.98 Å². The lowest BCUT2D eigenvalue weighted by molar-refractivity contribution is 0.0398. The van der Waals surface area contributed by atoms with Crippen molar-refractivity contribution in [1.29, 1.82) is 0 Å². The first-order valence-corrected chi connectivity index (χ1v) is 12.5. The van der Waals surface area contributed by atoms with Crippen molar-refractivity contribution < 1.29 is 4.74 Å². The minimum Gasteiger partial charge on any atom is -0.379 e. The van der Waals surface area contributed by atoms with Crippen molar-refractivity contribution >= 4 is 34.3 Å². The molecule has 1 aromatic carbocycles. The first-order valence-electron chi connectivity index (χ1n) is 12.5. The SMILES string of the molecule is CN(C)c1cccc(Nc2nc(NCCN3CCOCC3)c3ncn(C4CCCCC4)c3n2)c1. The second-order valence-electron chi connectivity index (χ2n) is 9.46. The maximum atomic E-state index is 5.47. The molecule has 1 saturated heterocycles. The molecule has 2 aromatic heterocycles. The van der Waals surface area contributed by atoms with Crippen LogP contribution in [0.25, 0.3) is 11.2 Å². The zero-order valence-corrected chi connectivity index (χ0v) is 20.3. The van der Waals surface area contributed by atoms with Gasteiger partial charge in [0.1, 0.15) is 0 Å². The van der Waals surface area contributed by atoms with E-state index in [4.69, 9.17) is 19.7 Å². The summed E-state index contributed by atoms with van der Waals surface area (Å²) in [6.45, 7) is 5.33. The van der Waals surface area contributed by atoms with Gasteiger partial charge in [-0.2, -0.15) is 9.97 Å². The molecule has 0 atom stereocenters. The average molecular weight is 465 g/mol. The Hall–Kier alpha value is -2.91. The third-order valence-electron chi connectivity index (χ3n) is 6.83. The number of anilines is 4. The molecule has 182 valence electrons.